The molecule has 1 amide bonds. The van der Waals surface area contributed by atoms with Crippen LogP contribution in [0, 0.1) is 0 Å². The van der Waals surface area contributed by atoms with Crippen molar-refractivity contribution >= 4 is 41.1 Å². The third kappa shape index (κ3) is 5.85. The monoisotopic (exact) mass is 612 g/mol. The number of rotatable bonds is 9. The molecule has 16 heteroatoms. The van der Waals surface area contributed by atoms with Crippen molar-refractivity contribution in [1.29, 1.82) is 0 Å². The van der Waals surface area contributed by atoms with Gasteiger partial charge in [0.1, 0.15) is 11.6 Å². The Kier molecular flexibility index (Phi) is 7.95. The molecular formula is C23H32ClF3N4O6SSi. The van der Waals surface area contributed by atoms with E-state index in [0.717, 1.165) is 15.3 Å². The van der Waals surface area contributed by atoms with Crippen LogP contribution in [0.5, 0.6) is 0 Å². The highest BCUT2D eigenvalue weighted by atomic mass is 35.5. The zero-order chi connectivity index (χ0) is 29.0. The molecule has 39 heavy (non-hydrogen) atoms. The average Bonchev–Trinajstić information content (AvgIpc) is 3.41. The van der Waals surface area contributed by atoms with Crippen LogP contribution in [0.4, 0.5) is 13.2 Å². The zero-order valence-electron chi connectivity index (χ0n) is 22.1. The number of hydrogen-bond acceptors (Lipinski definition) is 7. The number of likely N-dealkylation sites (tertiary alicyclic amines) is 1. The van der Waals surface area contributed by atoms with Crippen LogP contribution in [0.3, 0.4) is 0 Å². The van der Waals surface area contributed by atoms with Crippen LogP contribution in [-0.4, -0.2) is 103 Å². The average molecular weight is 613 g/mol. The van der Waals surface area contributed by atoms with Crippen LogP contribution in [0.25, 0.3) is 5.52 Å². The number of ether oxygens (including phenoxy) is 2. The molecule has 1 atom stereocenters. The van der Waals surface area contributed by atoms with Crippen LogP contribution >= 0.6 is 11.6 Å². The lowest BCUT2D eigenvalue weighted by atomic mass is 10.0. The maximum Gasteiger partial charge on any atom is 0.419 e. The minimum atomic E-state index is -4.91. The summed E-state index contributed by atoms with van der Waals surface area (Å²) in [5, 5.41) is 9.96. The molecule has 2 aliphatic rings. The third-order valence-corrected chi connectivity index (χ3v) is 11.0. The molecule has 2 aromatic rings. The molecule has 2 aromatic heterocycles. The summed E-state index contributed by atoms with van der Waals surface area (Å²) in [6.45, 7) is 7.44. The van der Waals surface area contributed by atoms with Gasteiger partial charge in [0.2, 0.25) is 15.8 Å². The second-order valence-corrected chi connectivity index (χ2v) is 19.4. The van der Waals surface area contributed by atoms with Gasteiger partial charge in [0.05, 0.1) is 42.0 Å². The standard InChI is InChI=1S/C23H32ClF3N4O6SSi/c1-21(13-37-14-21)31(15-36-7-8-39(2,3)4)38(34,35)16-9-17(24)18-10-28-19(30(18)11-16)20(32)29-6-5-22(33,12-29)23(25,26)27/h9-11,33H,5-8,12-15H2,1-4H3. The first-order chi connectivity index (χ1) is 17.9. The van der Waals surface area contributed by atoms with Crippen molar-refractivity contribution in [2.24, 2.45) is 0 Å². The number of fused-ring (bicyclic) bond motifs is 1. The van der Waals surface area contributed by atoms with Crippen LogP contribution < -0.4 is 0 Å². The topological polar surface area (TPSA) is 114 Å². The molecule has 10 nitrogen and oxygen atoms in total. The maximum atomic E-state index is 13.9. The zero-order valence-corrected chi connectivity index (χ0v) is 24.7. The predicted octanol–water partition coefficient (Wildman–Crippen LogP) is 3.22. The number of aliphatic hydroxyl groups is 1. The molecule has 2 aliphatic heterocycles. The number of halogens is 4. The molecule has 218 valence electrons. The first-order valence-electron chi connectivity index (χ1n) is 12.3. The molecule has 0 radical (unpaired) electrons. The molecule has 1 N–H and O–H groups in total. The molecule has 1 unspecified atom stereocenters. The van der Waals surface area contributed by atoms with Crippen LogP contribution in [0.15, 0.2) is 23.4 Å². The van der Waals surface area contributed by atoms with Gasteiger partial charge in [0, 0.05) is 33.8 Å². The first-order valence-corrected chi connectivity index (χ1v) is 17.8. The van der Waals surface area contributed by atoms with Gasteiger partial charge in [0.25, 0.3) is 5.91 Å². The van der Waals surface area contributed by atoms with Gasteiger partial charge in [-0.15, -0.1) is 0 Å². The van der Waals surface area contributed by atoms with Crippen LogP contribution in [0.2, 0.25) is 30.7 Å². The third-order valence-electron chi connectivity index (χ3n) is 7.04. The van der Waals surface area contributed by atoms with E-state index >= 15 is 0 Å². The lowest BCUT2D eigenvalue weighted by Crippen LogP contribution is -2.62. The van der Waals surface area contributed by atoms with Crippen molar-refractivity contribution < 1.29 is 41.0 Å². The molecule has 2 saturated heterocycles. The predicted molar refractivity (Wildman–Crippen MR) is 139 cm³/mol. The Labute approximate surface area is 230 Å². The fourth-order valence-electron chi connectivity index (χ4n) is 4.38. The van der Waals surface area contributed by atoms with Crippen LogP contribution in [0.1, 0.15) is 24.0 Å². The lowest BCUT2D eigenvalue weighted by Gasteiger charge is -2.45. The summed E-state index contributed by atoms with van der Waals surface area (Å²) < 4.78 is 81.0. The Balaban J connectivity index is 1.65. The summed E-state index contributed by atoms with van der Waals surface area (Å²) in [7, 11) is -5.65. The van der Waals surface area contributed by atoms with E-state index in [1.54, 1.807) is 6.92 Å². The molecule has 2 fully saturated rings. The Bertz CT molecular complexity index is 1360. The van der Waals surface area contributed by atoms with Gasteiger partial charge in [-0.1, -0.05) is 31.2 Å². The number of sulfonamides is 1. The summed E-state index contributed by atoms with van der Waals surface area (Å²) in [5.41, 5.74) is -3.71. The van der Waals surface area contributed by atoms with Gasteiger partial charge in [0.15, 0.2) is 5.60 Å². The van der Waals surface area contributed by atoms with Gasteiger partial charge < -0.3 is 19.5 Å². The number of hydrogen-bond donors (Lipinski definition) is 1. The largest absolute Gasteiger partial charge is 0.419 e. The van der Waals surface area contributed by atoms with E-state index in [0.29, 0.717) is 6.61 Å². The number of alkyl halides is 3. The van der Waals surface area contributed by atoms with E-state index in [-0.39, 0.29) is 47.7 Å². The molecule has 0 spiro atoms. The minimum Gasteiger partial charge on any atom is -0.379 e. The lowest BCUT2D eigenvalue weighted by molar-refractivity contribution is -0.253. The molecule has 0 aliphatic carbocycles. The maximum absolute atomic E-state index is 13.9. The number of pyridine rings is 1. The van der Waals surface area contributed by atoms with E-state index in [4.69, 9.17) is 21.1 Å². The molecule has 4 heterocycles. The summed E-state index contributed by atoms with van der Waals surface area (Å²) in [6, 6.07) is 2.07. The van der Waals surface area contributed by atoms with Crippen molar-refractivity contribution in [2.75, 3.05) is 39.6 Å². The van der Waals surface area contributed by atoms with Crippen molar-refractivity contribution in [3.63, 3.8) is 0 Å². The first kappa shape index (κ1) is 30.2. The molecule has 0 saturated carbocycles. The van der Waals surface area contributed by atoms with Gasteiger partial charge in [-0.25, -0.2) is 13.4 Å². The van der Waals surface area contributed by atoms with Crippen molar-refractivity contribution in [3.05, 3.63) is 29.3 Å². The number of carbonyl (C=O) groups excluding carboxylic acids is 1. The summed E-state index contributed by atoms with van der Waals surface area (Å²) in [6.07, 6.45) is -3.19. The van der Waals surface area contributed by atoms with Gasteiger partial charge in [-0.05, 0) is 19.0 Å². The number of carbonyl (C=O) groups is 1. The van der Waals surface area contributed by atoms with Crippen molar-refractivity contribution in [1.82, 2.24) is 18.6 Å². The minimum absolute atomic E-state index is 0.0227. The number of nitrogens with zero attached hydrogens (tertiary/aromatic N) is 4. The van der Waals surface area contributed by atoms with E-state index in [9.17, 15) is 31.5 Å². The van der Waals surface area contributed by atoms with E-state index < -0.39 is 54.3 Å². The second kappa shape index (κ2) is 10.3. The molecular weight excluding hydrogens is 581 g/mol. The van der Waals surface area contributed by atoms with Gasteiger partial charge in [-0.3, -0.25) is 9.20 Å². The normalized spacial score (nSPS) is 22.1. The molecule has 0 bridgehead atoms. The highest BCUT2D eigenvalue weighted by molar-refractivity contribution is 7.89. The quantitative estimate of drug-likeness (QED) is 0.263. The Hall–Kier alpha value is -1.75. The fraction of sp³-hybridized carbons (Fsp3) is 0.652. The fourth-order valence-corrected chi connectivity index (χ4v) is 7.12. The summed E-state index contributed by atoms with van der Waals surface area (Å²) in [4.78, 5) is 17.7. The highest BCUT2D eigenvalue weighted by Gasteiger charge is 2.58. The van der Waals surface area contributed by atoms with Crippen LogP contribution in [-0.2, 0) is 19.5 Å². The smallest absolute Gasteiger partial charge is 0.379 e. The second-order valence-electron chi connectivity index (χ2n) is 11.6. The highest BCUT2D eigenvalue weighted by Crippen LogP contribution is 2.38. The Morgan fingerprint density at radius 3 is 2.54 bits per heavy atom. The Morgan fingerprint density at radius 1 is 1.33 bits per heavy atom. The number of amides is 1. The number of imidazole rings is 1. The van der Waals surface area contributed by atoms with E-state index in [1.165, 1.54) is 22.8 Å². The number of β-amino-alcohol motifs (C(OH)–C–C–N with tert-alkyl or cyclic N) is 1. The molecule has 4 rings (SSSR count). The summed E-state index contributed by atoms with van der Waals surface area (Å²) in [5.74, 6) is -1.22. The van der Waals surface area contributed by atoms with E-state index in [2.05, 4.69) is 24.6 Å². The summed E-state index contributed by atoms with van der Waals surface area (Å²) >= 11 is 6.39. The van der Waals surface area contributed by atoms with Gasteiger partial charge >= 0.3 is 6.18 Å². The number of aromatic nitrogens is 2. The van der Waals surface area contributed by atoms with E-state index in [1.807, 2.05) is 0 Å². The molecule has 0 aromatic carbocycles. The Morgan fingerprint density at radius 2 is 2.00 bits per heavy atom. The van der Waals surface area contributed by atoms with Gasteiger partial charge in [-0.2, -0.15) is 17.5 Å². The van der Waals surface area contributed by atoms with Crippen molar-refractivity contribution in [2.45, 2.75) is 61.2 Å². The SMILES string of the molecule is CC1(N(COCC[Si](C)(C)C)S(=O)(=O)c2cc(Cl)c3cnc(C(=O)N4CCC(O)(C(F)(F)F)C4)n3c2)COC1. The van der Waals surface area contributed by atoms with Crippen molar-refractivity contribution in [3.8, 4) is 0 Å².